The summed E-state index contributed by atoms with van der Waals surface area (Å²) in [6.07, 6.45) is 2.96. The van der Waals surface area contributed by atoms with Crippen LogP contribution in [0, 0.1) is 6.57 Å². The van der Waals surface area contributed by atoms with Gasteiger partial charge in [-0.15, -0.1) is 0 Å². The van der Waals surface area contributed by atoms with Gasteiger partial charge in [0.15, 0.2) is 5.83 Å². The quantitative estimate of drug-likeness (QED) is 0.294. The minimum absolute atomic E-state index is 0.0422. The van der Waals surface area contributed by atoms with E-state index in [0.29, 0.717) is 51.1 Å². The molecular formula is C32H35FN6O4. The van der Waals surface area contributed by atoms with Gasteiger partial charge in [-0.3, -0.25) is 4.79 Å². The van der Waals surface area contributed by atoms with Crippen molar-refractivity contribution in [1.82, 2.24) is 14.9 Å². The molecule has 1 amide bonds. The monoisotopic (exact) mass is 586 g/mol. The molecule has 0 bridgehead atoms. The standard InChI is InChI=1S/C32H35FN6O4/c1-20(43-25-8-9-25)19-42-32-35-28-18-37(29-15-24(40)14-22-6-4-5-7-26(22)29)11-10-27(28)30(36-32)38-12-13-39(31(41)21(2)33)23(17-38)16-34-3/h4-7,14-15,20,23,25,40H,2,8-13,16-19H2,1H3/t20-,23-/m0/s1. The number of carbonyl (C=O) groups is 1. The molecule has 43 heavy (non-hydrogen) atoms. The zero-order valence-corrected chi connectivity index (χ0v) is 24.2. The van der Waals surface area contributed by atoms with Crippen molar-refractivity contribution in [2.45, 2.75) is 51.0 Å². The first-order valence-corrected chi connectivity index (χ1v) is 14.7. The van der Waals surface area contributed by atoms with Gasteiger partial charge < -0.3 is 34.1 Å². The van der Waals surface area contributed by atoms with E-state index < -0.39 is 17.8 Å². The van der Waals surface area contributed by atoms with E-state index in [-0.39, 0.29) is 31.0 Å². The van der Waals surface area contributed by atoms with Crippen molar-refractivity contribution in [2.24, 2.45) is 0 Å². The van der Waals surface area contributed by atoms with Gasteiger partial charge in [0, 0.05) is 48.9 Å². The normalized spacial score (nSPS) is 19.1. The number of fused-ring (bicyclic) bond motifs is 2. The Morgan fingerprint density at radius 1 is 1.21 bits per heavy atom. The van der Waals surface area contributed by atoms with Gasteiger partial charge in [0.1, 0.15) is 24.2 Å². The maximum Gasteiger partial charge on any atom is 0.318 e. The van der Waals surface area contributed by atoms with E-state index in [9.17, 15) is 14.3 Å². The smallest absolute Gasteiger partial charge is 0.318 e. The number of hydrogen-bond acceptors (Lipinski definition) is 8. The van der Waals surface area contributed by atoms with Crippen LogP contribution >= 0.6 is 0 Å². The number of carbonyl (C=O) groups excluding carboxylic acids is 1. The SMILES string of the molecule is [C-]#[N+]C[C@H]1CN(c2nc(OC[C@H](C)OC3CC3)nc3c2CCN(c2cc(O)cc4ccccc24)C3)CCN1C(=O)C(=C)F. The van der Waals surface area contributed by atoms with Crippen molar-refractivity contribution in [3.05, 3.63) is 71.5 Å². The van der Waals surface area contributed by atoms with Crippen molar-refractivity contribution in [2.75, 3.05) is 49.1 Å². The maximum absolute atomic E-state index is 13.8. The molecule has 11 heteroatoms. The van der Waals surface area contributed by atoms with Gasteiger partial charge in [0.05, 0.1) is 24.4 Å². The third-order valence-electron chi connectivity index (χ3n) is 8.16. The lowest BCUT2D eigenvalue weighted by Gasteiger charge is -2.41. The Balaban J connectivity index is 1.32. The summed E-state index contributed by atoms with van der Waals surface area (Å²) in [7, 11) is 0. The third-order valence-corrected chi connectivity index (χ3v) is 8.16. The molecule has 0 radical (unpaired) electrons. The average molecular weight is 587 g/mol. The lowest BCUT2D eigenvalue weighted by Crippen LogP contribution is -2.57. The highest BCUT2D eigenvalue weighted by atomic mass is 19.1. The summed E-state index contributed by atoms with van der Waals surface area (Å²) in [6.45, 7) is 15.0. The topological polar surface area (TPSA) is 95.6 Å². The second-order valence-corrected chi connectivity index (χ2v) is 11.4. The number of ether oxygens (including phenoxy) is 2. The molecule has 2 aliphatic heterocycles. The number of benzene rings is 2. The van der Waals surface area contributed by atoms with Crippen LogP contribution in [-0.2, 0) is 22.5 Å². The van der Waals surface area contributed by atoms with Gasteiger partial charge in [0.2, 0.25) is 6.54 Å². The summed E-state index contributed by atoms with van der Waals surface area (Å²) in [6, 6.07) is 11.2. The van der Waals surface area contributed by atoms with E-state index in [1.165, 1.54) is 4.90 Å². The molecule has 2 aromatic carbocycles. The van der Waals surface area contributed by atoms with E-state index in [1.807, 2.05) is 31.2 Å². The van der Waals surface area contributed by atoms with Crippen molar-refractivity contribution in [1.29, 1.82) is 0 Å². The third kappa shape index (κ3) is 6.20. The number of amides is 1. The number of rotatable bonds is 9. The zero-order chi connectivity index (χ0) is 30.1. The Morgan fingerprint density at radius 2 is 2.02 bits per heavy atom. The number of anilines is 2. The van der Waals surface area contributed by atoms with Gasteiger partial charge in [-0.25, -0.2) is 11.0 Å². The Morgan fingerprint density at radius 3 is 2.79 bits per heavy atom. The molecule has 1 N–H and O–H groups in total. The van der Waals surface area contributed by atoms with Crippen molar-refractivity contribution in [3.63, 3.8) is 0 Å². The number of phenols is 1. The van der Waals surface area contributed by atoms with Gasteiger partial charge in [0.25, 0.3) is 5.91 Å². The van der Waals surface area contributed by atoms with Crippen LogP contribution in [0.3, 0.4) is 0 Å². The summed E-state index contributed by atoms with van der Waals surface area (Å²) in [5.74, 6) is -0.899. The summed E-state index contributed by atoms with van der Waals surface area (Å²) in [4.78, 5) is 31.3. The molecule has 0 unspecified atom stereocenters. The zero-order valence-electron chi connectivity index (χ0n) is 24.2. The number of aromatic hydroxyl groups is 1. The fourth-order valence-corrected chi connectivity index (χ4v) is 5.95. The van der Waals surface area contributed by atoms with Gasteiger partial charge in [-0.2, -0.15) is 9.97 Å². The molecule has 6 rings (SSSR count). The Hall–Kier alpha value is -4.43. The molecule has 3 aliphatic rings. The van der Waals surface area contributed by atoms with Gasteiger partial charge in [-0.1, -0.05) is 30.8 Å². The number of phenolic OH excluding ortho intramolecular Hbond substituents is 1. The van der Waals surface area contributed by atoms with Crippen LogP contribution in [0.15, 0.2) is 48.8 Å². The molecule has 0 spiro atoms. The molecule has 2 fully saturated rings. The lowest BCUT2D eigenvalue weighted by atomic mass is 10.0. The van der Waals surface area contributed by atoms with E-state index >= 15 is 0 Å². The van der Waals surface area contributed by atoms with Crippen LogP contribution in [0.2, 0.25) is 0 Å². The summed E-state index contributed by atoms with van der Waals surface area (Å²) in [5, 5.41) is 12.5. The van der Waals surface area contributed by atoms with Crippen LogP contribution in [0.1, 0.15) is 31.0 Å². The van der Waals surface area contributed by atoms with Crippen molar-refractivity contribution < 1.29 is 23.8 Å². The first-order valence-electron chi connectivity index (χ1n) is 14.7. The minimum atomic E-state index is -1.03. The lowest BCUT2D eigenvalue weighted by molar-refractivity contribution is -0.131. The Labute approximate surface area is 250 Å². The maximum atomic E-state index is 13.8. The molecule has 10 nitrogen and oxygen atoms in total. The highest BCUT2D eigenvalue weighted by molar-refractivity contribution is 5.95. The number of piperazine rings is 1. The molecule has 1 saturated carbocycles. The van der Waals surface area contributed by atoms with Crippen LogP contribution in [-0.4, -0.2) is 83.5 Å². The number of hydrogen-bond donors (Lipinski definition) is 1. The second-order valence-electron chi connectivity index (χ2n) is 11.4. The molecule has 1 aromatic heterocycles. The molecule has 2 atom stereocenters. The summed E-state index contributed by atoms with van der Waals surface area (Å²) in [5.41, 5.74) is 2.71. The minimum Gasteiger partial charge on any atom is -0.508 e. The number of nitrogens with zero attached hydrogens (tertiary/aromatic N) is 6. The summed E-state index contributed by atoms with van der Waals surface area (Å²) >= 11 is 0. The first-order chi connectivity index (χ1) is 20.8. The molecule has 224 valence electrons. The van der Waals surface area contributed by atoms with Gasteiger partial charge >= 0.3 is 6.01 Å². The molecule has 1 saturated heterocycles. The number of halogens is 1. The second kappa shape index (κ2) is 12.1. The van der Waals surface area contributed by atoms with Crippen LogP contribution < -0.4 is 14.5 Å². The van der Waals surface area contributed by atoms with E-state index in [2.05, 4.69) is 21.2 Å². The molecule has 1 aliphatic carbocycles. The fourth-order valence-electron chi connectivity index (χ4n) is 5.95. The highest BCUT2D eigenvalue weighted by Gasteiger charge is 2.36. The molecular weight excluding hydrogens is 551 g/mol. The van der Waals surface area contributed by atoms with E-state index in [1.54, 1.807) is 12.1 Å². The Kier molecular flexibility index (Phi) is 8.04. The highest BCUT2D eigenvalue weighted by Crippen LogP contribution is 2.37. The van der Waals surface area contributed by atoms with Crippen LogP contribution in [0.25, 0.3) is 15.6 Å². The van der Waals surface area contributed by atoms with Crippen LogP contribution in [0.4, 0.5) is 15.9 Å². The largest absolute Gasteiger partial charge is 0.508 e. The van der Waals surface area contributed by atoms with Gasteiger partial charge in [-0.05, 0) is 37.6 Å². The van der Waals surface area contributed by atoms with E-state index in [4.69, 9.17) is 26.0 Å². The van der Waals surface area contributed by atoms with Crippen molar-refractivity contribution in [3.8, 4) is 11.8 Å². The van der Waals surface area contributed by atoms with E-state index in [0.717, 1.165) is 40.6 Å². The predicted molar refractivity (Wildman–Crippen MR) is 161 cm³/mol. The summed E-state index contributed by atoms with van der Waals surface area (Å²) < 4.78 is 25.8. The molecule has 3 heterocycles. The average Bonchev–Trinajstić information content (AvgIpc) is 3.82. The van der Waals surface area contributed by atoms with Crippen molar-refractivity contribution >= 4 is 28.2 Å². The number of aromatic nitrogens is 2. The predicted octanol–water partition coefficient (Wildman–Crippen LogP) is 4.26. The first kappa shape index (κ1) is 28.7. The Bertz CT molecular complexity index is 1590. The fraction of sp³-hybridized carbons (Fsp3) is 0.438. The molecule has 3 aromatic rings. The van der Waals surface area contributed by atoms with Crippen LogP contribution in [0.5, 0.6) is 11.8 Å².